The monoisotopic (exact) mass is 312 g/mol. The average molecular weight is 312 g/mol. The van der Waals surface area contributed by atoms with Crippen LogP contribution in [-0.2, 0) is 4.79 Å². The van der Waals surface area contributed by atoms with E-state index >= 15 is 0 Å². The van der Waals surface area contributed by atoms with Gasteiger partial charge in [0.25, 0.3) is 0 Å². The van der Waals surface area contributed by atoms with E-state index in [9.17, 15) is 35.9 Å². The number of hydrogen-bond donors (Lipinski definition) is 0. The zero-order chi connectivity index (χ0) is 16.5. The topological polar surface area (TPSA) is 34.1 Å². The van der Waals surface area contributed by atoms with Crippen LogP contribution in [0.2, 0.25) is 0 Å². The standard InChI is InChI=1S/C13H10F6O2/c1-3-4(2)12(20)11(19)13(21)5-6(14)8(16)10(18)9(17)7(5)15/h4,11H,3H2,1-2H3. The van der Waals surface area contributed by atoms with E-state index in [1.165, 1.54) is 13.8 Å². The van der Waals surface area contributed by atoms with Gasteiger partial charge in [0.05, 0.1) is 5.56 Å². The first kappa shape index (κ1) is 17.2. The van der Waals surface area contributed by atoms with Crippen molar-refractivity contribution in [2.45, 2.75) is 26.4 Å². The first-order valence-corrected chi connectivity index (χ1v) is 5.88. The van der Waals surface area contributed by atoms with E-state index in [0.717, 1.165) is 0 Å². The van der Waals surface area contributed by atoms with Crippen LogP contribution in [0, 0.1) is 35.0 Å². The summed E-state index contributed by atoms with van der Waals surface area (Å²) in [5.74, 6) is -16.5. The minimum Gasteiger partial charge on any atom is -0.296 e. The second-order valence-electron chi connectivity index (χ2n) is 4.38. The predicted octanol–water partition coefficient (Wildman–Crippen LogP) is 3.52. The smallest absolute Gasteiger partial charge is 0.221 e. The van der Waals surface area contributed by atoms with Gasteiger partial charge in [-0.15, -0.1) is 0 Å². The molecule has 1 rings (SSSR count). The predicted molar refractivity (Wildman–Crippen MR) is 59.9 cm³/mol. The molecule has 116 valence electrons. The molecular formula is C13H10F6O2. The number of benzene rings is 1. The summed E-state index contributed by atoms with van der Waals surface area (Å²) < 4.78 is 79.0. The first-order chi connectivity index (χ1) is 9.64. The maximum atomic E-state index is 13.7. The molecule has 2 atom stereocenters. The van der Waals surface area contributed by atoms with E-state index in [0.29, 0.717) is 0 Å². The van der Waals surface area contributed by atoms with Crippen molar-refractivity contribution in [2.75, 3.05) is 0 Å². The minimum absolute atomic E-state index is 0.142. The zero-order valence-electron chi connectivity index (χ0n) is 10.9. The largest absolute Gasteiger partial charge is 0.296 e. The van der Waals surface area contributed by atoms with Crippen molar-refractivity contribution < 1.29 is 35.9 Å². The molecule has 0 N–H and O–H groups in total. The van der Waals surface area contributed by atoms with Crippen LogP contribution in [0.15, 0.2) is 0 Å². The molecule has 2 unspecified atom stereocenters. The van der Waals surface area contributed by atoms with Crippen molar-refractivity contribution in [2.24, 2.45) is 5.92 Å². The summed E-state index contributed by atoms with van der Waals surface area (Å²) >= 11 is 0. The highest BCUT2D eigenvalue weighted by molar-refractivity contribution is 6.13. The fraction of sp³-hybridized carbons (Fsp3) is 0.385. The molecule has 0 bridgehead atoms. The van der Waals surface area contributed by atoms with Crippen LogP contribution in [0.4, 0.5) is 26.3 Å². The van der Waals surface area contributed by atoms with Gasteiger partial charge in [0, 0.05) is 5.92 Å². The summed E-state index contributed by atoms with van der Waals surface area (Å²) in [6.07, 6.45) is -2.85. The maximum absolute atomic E-state index is 13.7. The lowest BCUT2D eigenvalue weighted by molar-refractivity contribution is -0.125. The number of alkyl halides is 1. The van der Waals surface area contributed by atoms with E-state index < -0.39 is 58.3 Å². The second-order valence-corrected chi connectivity index (χ2v) is 4.38. The molecule has 0 spiro atoms. The first-order valence-electron chi connectivity index (χ1n) is 5.88. The van der Waals surface area contributed by atoms with Crippen LogP contribution in [0.3, 0.4) is 0 Å². The van der Waals surface area contributed by atoms with Gasteiger partial charge < -0.3 is 0 Å². The molecule has 0 aliphatic rings. The Hall–Kier alpha value is -1.86. The summed E-state index contributed by atoms with van der Waals surface area (Å²) in [5.41, 5.74) is -1.95. The van der Waals surface area contributed by atoms with E-state index in [4.69, 9.17) is 0 Å². The summed E-state index contributed by atoms with van der Waals surface area (Å²) in [6, 6.07) is 0. The normalized spacial score (nSPS) is 13.9. The third-order valence-corrected chi connectivity index (χ3v) is 3.03. The second kappa shape index (κ2) is 6.28. The third-order valence-electron chi connectivity index (χ3n) is 3.03. The molecule has 0 aliphatic heterocycles. The summed E-state index contributed by atoms with van der Waals surface area (Å²) in [6.45, 7) is 2.76. The Kier molecular flexibility index (Phi) is 5.14. The van der Waals surface area contributed by atoms with Gasteiger partial charge >= 0.3 is 0 Å². The van der Waals surface area contributed by atoms with E-state index in [1.54, 1.807) is 0 Å². The molecule has 1 aromatic rings. The minimum atomic E-state index is -2.99. The molecular weight excluding hydrogens is 302 g/mol. The Labute approximate surface area is 115 Å². The molecule has 0 radical (unpaired) electrons. The molecule has 1 aromatic carbocycles. The highest BCUT2D eigenvalue weighted by atomic mass is 19.2. The van der Waals surface area contributed by atoms with Gasteiger partial charge in [0.1, 0.15) is 0 Å². The highest BCUT2D eigenvalue weighted by Crippen LogP contribution is 2.25. The number of carbonyl (C=O) groups excluding carboxylic acids is 2. The van der Waals surface area contributed by atoms with Crippen LogP contribution in [0.5, 0.6) is 0 Å². The SMILES string of the molecule is CCC(C)C(=O)C(F)C(=O)c1c(F)c(F)c(F)c(F)c1F. The van der Waals surface area contributed by atoms with Crippen molar-refractivity contribution in [3.05, 3.63) is 34.6 Å². The fourth-order valence-corrected chi connectivity index (χ4v) is 1.53. The number of ketones is 2. The molecule has 0 aromatic heterocycles. The molecule has 0 fully saturated rings. The van der Waals surface area contributed by atoms with Gasteiger partial charge in [-0.25, -0.2) is 26.3 Å². The lowest BCUT2D eigenvalue weighted by Gasteiger charge is -2.13. The van der Waals surface area contributed by atoms with Crippen molar-refractivity contribution in [3.63, 3.8) is 0 Å². The Morgan fingerprint density at radius 1 is 0.905 bits per heavy atom. The van der Waals surface area contributed by atoms with E-state index in [1.807, 2.05) is 0 Å². The van der Waals surface area contributed by atoms with Gasteiger partial charge in [0.15, 0.2) is 29.1 Å². The zero-order valence-corrected chi connectivity index (χ0v) is 10.9. The van der Waals surface area contributed by atoms with Crippen molar-refractivity contribution in [1.82, 2.24) is 0 Å². The van der Waals surface area contributed by atoms with Gasteiger partial charge in [0.2, 0.25) is 17.8 Å². The van der Waals surface area contributed by atoms with Crippen LogP contribution >= 0.6 is 0 Å². The van der Waals surface area contributed by atoms with Crippen LogP contribution in [0.1, 0.15) is 30.6 Å². The van der Waals surface area contributed by atoms with Crippen LogP contribution in [0.25, 0.3) is 0 Å². The molecule has 2 nitrogen and oxygen atoms in total. The van der Waals surface area contributed by atoms with Gasteiger partial charge in [-0.2, -0.15) is 0 Å². The van der Waals surface area contributed by atoms with Crippen LogP contribution in [-0.4, -0.2) is 17.7 Å². The lowest BCUT2D eigenvalue weighted by Crippen LogP contribution is -2.32. The summed E-state index contributed by atoms with van der Waals surface area (Å²) in [5, 5.41) is 0. The van der Waals surface area contributed by atoms with Gasteiger partial charge in [-0.05, 0) is 6.42 Å². The van der Waals surface area contributed by atoms with Gasteiger partial charge in [-0.1, -0.05) is 13.8 Å². The summed E-state index contributed by atoms with van der Waals surface area (Å²) in [4.78, 5) is 23.0. The van der Waals surface area contributed by atoms with Gasteiger partial charge in [-0.3, -0.25) is 9.59 Å². The molecule has 0 aliphatic carbocycles. The lowest BCUT2D eigenvalue weighted by atomic mass is 9.94. The number of rotatable bonds is 5. The van der Waals surface area contributed by atoms with Crippen LogP contribution < -0.4 is 0 Å². The fourth-order valence-electron chi connectivity index (χ4n) is 1.53. The third kappa shape index (κ3) is 2.93. The van der Waals surface area contributed by atoms with E-state index in [-0.39, 0.29) is 6.42 Å². The van der Waals surface area contributed by atoms with E-state index in [2.05, 4.69) is 0 Å². The Bertz CT molecular complexity index is 570. The number of Topliss-reactive ketones (excluding diaryl/α,β-unsaturated/α-hetero) is 2. The quantitative estimate of drug-likeness (QED) is 0.274. The molecule has 0 heterocycles. The Morgan fingerprint density at radius 2 is 1.29 bits per heavy atom. The summed E-state index contributed by atoms with van der Waals surface area (Å²) in [7, 11) is 0. The number of halogens is 6. The Morgan fingerprint density at radius 3 is 1.67 bits per heavy atom. The number of carbonyl (C=O) groups is 2. The average Bonchev–Trinajstić information content (AvgIpc) is 2.48. The molecule has 0 amide bonds. The molecule has 8 heteroatoms. The number of hydrogen-bond acceptors (Lipinski definition) is 2. The molecule has 0 saturated heterocycles. The highest BCUT2D eigenvalue weighted by Gasteiger charge is 2.37. The van der Waals surface area contributed by atoms with Crippen molar-refractivity contribution in [3.8, 4) is 0 Å². The van der Waals surface area contributed by atoms with Crippen molar-refractivity contribution in [1.29, 1.82) is 0 Å². The molecule has 0 saturated carbocycles. The molecule has 21 heavy (non-hydrogen) atoms. The van der Waals surface area contributed by atoms with Crippen molar-refractivity contribution >= 4 is 11.6 Å². The Balaban J connectivity index is 3.35. The maximum Gasteiger partial charge on any atom is 0.221 e.